The second-order valence-corrected chi connectivity index (χ2v) is 20.1. The van der Waals surface area contributed by atoms with Crippen LogP contribution in [0.4, 0.5) is 22.7 Å². The first kappa shape index (κ1) is 50.4. The van der Waals surface area contributed by atoms with Gasteiger partial charge in [-0.1, -0.05) is 6.07 Å². The summed E-state index contributed by atoms with van der Waals surface area (Å²) < 4.78 is 25.1. The minimum Gasteiger partial charge on any atom is -0.456 e. The van der Waals surface area contributed by atoms with E-state index in [1.54, 1.807) is 6.07 Å². The molecule has 0 saturated carbocycles. The van der Waals surface area contributed by atoms with Crippen LogP contribution in [0.5, 0.6) is 23.0 Å². The monoisotopic (exact) mass is 1050 g/mol. The minimum absolute atomic E-state index is 0.00803. The van der Waals surface area contributed by atoms with Gasteiger partial charge in [0.05, 0.1) is 22.3 Å². The summed E-state index contributed by atoms with van der Waals surface area (Å²) in [7, 11) is 15.4. The number of amides is 4. The zero-order valence-electron chi connectivity index (χ0n) is 43.6. The van der Waals surface area contributed by atoms with Crippen LogP contribution in [0.2, 0.25) is 0 Å². The number of rotatable bonds is 8. The third-order valence-corrected chi connectivity index (χ3v) is 14.4. The fourth-order valence-electron chi connectivity index (χ4n) is 10.4. The summed E-state index contributed by atoms with van der Waals surface area (Å²) in [6, 6.07) is 31.6. The molecule has 6 aliphatic rings. The molecule has 6 aromatic carbocycles. The average Bonchev–Trinajstić information content (AvgIpc) is 4.24. The van der Waals surface area contributed by atoms with Crippen LogP contribution >= 0.6 is 0 Å². The summed E-state index contributed by atoms with van der Waals surface area (Å²) in [5, 5.41) is 0.975. The highest BCUT2D eigenvalue weighted by Crippen LogP contribution is 2.59. The van der Waals surface area contributed by atoms with E-state index in [9.17, 15) is 38.4 Å². The molecule has 0 aliphatic carbocycles. The van der Waals surface area contributed by atoms with Crippen LogP contribution in [0.1, 0.15) is 100 Å². The predicted octanol–water partition coefficient (Wildman–Crippen LogP) is 7.21. The van der Waals surface area contributed by atoms with E-state index in [0.29, 0.717) is 66.5 Å². The summed E-state index contributed by atoms with van der Waals surface area (Å²) in [5.41, 5.74) is 4.87. The van der Waals surface area contributed by atoms with Gasteiger partial charge in [0.15, 0.2) is 11.2 Å². The number of esters is 2. The van der Waals surface area contributed by atoms with Crippen LogP contribution in [0.25, 0.3) is 0 Å². The molecule has 12 rings (SSSR count). The number of nitrogens with zero attached hydrogens (tertiary/aromatic N) is 6. The lowest BCUT2D eigenvalue weighted by atomic mass is 9.77. The Morgan fingerprint density at radius 2 is 0.718 bits per heavy atom. The van der Waals surface area contributed by atoms with Crippen LogP contribution in [0.3, 0.4) is 0 Å². The van der Waals surface area contributed by atoms with Crippen LogP contribution < -0.4 is 29.1 Å². The molecule has 4 amide bonds. The zero-order chi connectivity index (χ0) is 55.3. The standard InChI is InChI=1S/2C29H25N3O7/c1-30(2)17-6-9-21-23(14-17)37-24-15-18(31(3)4)7-10-22(24)29(21)20-8-5-16(13-19(20)28(36)38-29)27(35)39-32-25(33)11-12-26(32)34;1-30(2)17-6-9-20-23(14-17)37-24-15-18(31(3)4)7-10-21(24)29(20)22-13-16(5-8-19(22)28(36)38-29)27(35)39-32-25(33)11-12-26(32)34/h2*5-10,13-15H,11-12H2,1-4H3. The number of carbonyl (C=O) groups excluding carboxylic acids is 8. The highest BCUT2D eigenvalue weighted by atomic mass is 16.7. The Bertz CT molecular complexity index is 3510. The predicted molar refractivity (Wildman–Crippen MR) is 280 cm³/mol. The molecule has 0 unspecified atom stereocenters. The third-order valence-electron chi connectivity index (χ3n) is 14.4. The van der Waals surface area contributed by atoms with Crippen molar-refractivity contribution in [2.45, 2.75) is 36.9 Å². The number of imide groups is 2. The van der Waals surface area contributed by atoms with Gasteiger partial charge in [-0.25, -0.2) is 19.2 Å². The smallest absolute Gasteiger partial charge is 0.363 e. The Balaban J connectivity index is 0.000000165. The van der Waals surface area contributed by atoms with Crippen molar-refractivity contribution in [3.05, 3.63) is 165 Å². The number of carbonyl (C=O) groups is 8. The van der Waals surface area contributed by atoms with Crippen LogP contribution in [-0.2, 0) is 49.5 Å². The van der Waals surface area contributed by atoms with E-state index >= 15 is 0 Å². The van der Waals surface area contributed by atoms with E-state index in [1.807, 2.05) is 149 Å². The second kappa shape index (κ2) is 18.5. The molecule has 396 valence electrons. The van der Waals surface area contributed by atoms with Crippen molar-refractivity contribution >= 4 is 70.3 Å². The molecular weight excluding hydrogens is 1000 g/mol. The molecule has 2 fully saturated rings. The minimum atomic E-state index is -1.40. The Kier molecular flexibility index (Phi) is 12.0. The fraction of sp³-hybridized carbons (Fsp3) is 0.241. The molecule has 78 heavy (non-hydrogen) atoms. The number of fused-ring (bicyclic) bond motifs is 12. The Morgan fingerprint density at radius 1 is 0.397 bits per heavy atom. The molecular formula is C58H50N6O14. The van der Waals surface area contributed by atoms with E-state index in [4.69, 9.17) is 28.6 Å². The molecule has 6 aliphatic heterocycles. The maximum Gasteiger partial charge on any atom is 0.363 e. The van der Waals surface area contributed by atoms with Crippen molar-refractivity contribution < 1.29 is 67.0 Å². The lowest BCUT2D eigenvalue weighted by molar-refractivity contribution is -0.173. The van der Waals surface area contributed by atoms with Gasteiger partial charge >= 0.3 is 23.9 Å². The van der Waals surface area contributed by atoms with Gasteiger partial charge in [-0.05, 0) is 78.9 Å². The van der Waals surface area contributed by atoms with E-state index in [-0.39, 0.29) is 47.9 Å². The van der Waals surface area contributed by atoms with Crippen molar-refractivity contribution in [1.82, 2.24) is 10.1 Å². The first-order valence-electron chi connectivity index (χ1n) is 24.7. The molecule has 0 N–H and O–H groups in total. The van der Waals surface area contributed by atoms with E-state index < -0.39 is 58.7 Å². The maximum atomic E-state index is 13.4. The molecule has 0 bridgehead atoms. The second-order valence-electron chi connectivity index (χ2n) is 20.1. The highest BCUT2D eigenvalue weighted by Gasteiger charge is 2.56. The number of hydroxylamine groups is 4. The Hall–Kier alpha value is -9.72. The Labute approximate surface area is 446 Å². The van der Waals surface area contributed by atoms with Crippen molar-refractivity contribution in [3.8, 4) is 23.0 Å². The third kappa shape index (κ3) is 7.97. The molecule has 6 heterocycles. The van der Waals surface area contributed by atoms with Crippen LogP contribution in [0.15, 0.2) is 109 Å². The Morgan fingerprint density at radius 3 is 1.09 bits per heavy atom. The SMILES string of the molecule is CN(C)c1ccc2c(c1)Oc1cc(N(C)C)ccc1C21OC(=O)c2cc(C(=O)ON3C(=O)CCC3=O)ccc21.CN(C)c1ccc2c(c1)Oc1cc(N(C)C)ccc1C21OC(=O)c2ccc(C(=O)ON3C(=O)CCC3=O)cc21. The van der Waals surface area contributed by atoms with Gasteiger partial charge in [-0.2, -0.15) is 0 Å². The van der Waals surface area contributed by atoms with Crippen LogP contribution in [-0.4, -0.2) is 114 Å². The summed E-state index contributed by atoms with van der Waals surface area (Å²) in [4.78, 5) is 118. The maximum absolute atomic E-state index is 13.4. The van der Waals surface area contributed by atoms with Gasteiger partial charge in [-0.3, -0.25) is 19.2 Å². The zero-order valence-corrected chi connectivity index (χ0v) is 43.6. The number of hydrogen-bond acceptors (Lipinski definition) is 18. The summed E-state index contributed by atoms with van der Waals surface area (Å²) in [6.45, 7) is 0. The van der Waals surface area contributed by atoms with Gasteiger partial charge in [0.2, 0.25) is 0 Å². The fourth-order valence-corrected chi connectivity index (χ4v) is 10.4. The van der Waals surface area contributed by atoms with Crippen molar-refractivity contribution in [3.63, 3.8) is 0 Å². The normalized spacial score (nSPS) is 16.3. The van der Waals surface area contributed by atoms with Crippen molar-refractivity contribution in [1.29, 1.82) is 0 Å². The van der Waals surface area contributed by atoms with E-state index in [1.165, 1.54) is 30.3 Å². The largest absolute Gasteiger partial charge is 0.456 e. The number of anilines is 4. The summed E-state index contributed by atoms with van der Waals surface area (Å²) in [6.07, 6.45) is -0.0629. The van der Waals surface area contributed by atoms with Gasteiger partial charge in [0.1, 0.15) is 23.0 Å². The average molecular weight is 1060 g/mol. The van der Waals surface area contributed by atoms with Crippen LogP contribution in [0, 0.1) is 0 Å². The lowest BCUT2D eigenvalue weighted by Gasteiger charge is -2.37. The molecule has 0 atom stereocenters. The molecule has 0 aromatic heterocycles. The quantitative estimate of drug-likeness (QED) is 0.109. The van der Waals surface area contributed by atoms with Crippen molar-refractivity contribution in [2.24, 2.45) is 0 Å². The van der Waals surface area contributed by atoms with E-state index in [2.05, 4.69) is 0 Å². The summed E-state index contributed by atoms with van der Waals surface area (Å²) >= 11 is 0. The van der Waals surface area contributed by atoms with Gasteiger partial charge in [0, 0.05) is 162 Å². The molecule has 6 aromatic rings. The molecule has 2 saturated heterocycles. The molecule has 0 radical (unpaired) electrons. The molecule has 20 nitrogen and oxygen atoms in total. The topological polar surface area (TPSA) is 211 Å². The van der Waals surface area contributed by atoms with Gasteiger partial charge < -0.3 is 48.2 Å². The number of ether oxygens (including phenoxy) is 4. The highest BCUT2D eigenvalue weighted by molar-refractivity contribution is 6.05. The molecule has 2 spiro atoms. The number of hydrogen-bond donors (Lipinski definition) is 0. The summed E-state index contributed by atoms with van der Waals surface area (Å²) in [5.74, 6) is -3.23. The van der Waals surface area contributed by atoms with Crippen molar-refractivity contribution in [2.75, 3.05) is 76.0 Å². The van der Waals surface area contributed by atoms with Gasteiger partial charge in [-0.15, -0.1) is 10.1 Å². The lowest BCUT2D eigenvalue weighted by Crippen LogP contribution is -2.34. The van der Waals surface area contributed by atoms with Gasteiger partial charge in [0.25, 0.3) is 23.6 Å². The van der Waals surface area contributed by atoms with E-state index in [0.717, 1.165) is 22.7 Å². The first-order valence-corrected chi connectivity index (χ1v) is 24.7. The number of benzene rings is 6. The molecule has 20 heteroatoms. The first-order chi connectivity index (χ1) is 37.2.